The Kier molecular flexibility index (Phi) is 3.93. The highest BCUT2D eigenvalue weighted by Crippen LogP contribution is 2.28. The van der Waals surface area contributed by atoms with Gasteiger partial charge in [-0.15, -0.1) is 10.2 Å². The normalized spacial score (nSPS) is 19.1. The van der Waals surface area contributed by atoms with Crippen molar-refractivity contribution in [2.24, 2.45) is 13.0 Å². The van der Waals surface area contributed by atoms with Gasteiger partial charge in [0.05, 0.1) is 6.54 Å². The largest absolute Gasteiger partial charge is 0.320 e. The summed E-state index contributed by atoms with van der Waals surface area (Å²) in [5.41, 5.74) is 0. The molecule has 0 radical (unpaired) electrons. The molecule has 1 aliphatic carbocycles. The van der Waals surface area contributed by atoms with Crippen LogP contribution in [0.25, 0.3) is 0 Å². The molecule has 4 heteroatoms. The first-order chi connectivity index (χ1) is 7.75. The third-order valence-corrected chi connectivity index (χ3v) is 3.58. The Balaban J connectivity index is 1.71. The minimum atomic E-state index is 0.583. The van der Waals surface area contributed by atoms with E-state index in [1.165, 1.54) is 32.1 Å². The minimum absolute atomic E-state index is 0.583. The highest BCUT2D eigenvalue weighted by molar-refractivity contribution is 4.84. The molecule has 16 heavy (non-hydrogen) atoms. The van der Waals surface area contributed by atoms with E-state index in [1.807, 2.05) is 11.6 Å². The summed E-state index contributed by atoms with van der Waals surface area (Å²) in [5.74, 6) is 1.96. The van der Waals surface area contributed by atoms with Crippen molar-refractivity contribution in [2.75, 3.05) is 0 Å². The van der Waals surface area contributed by atoms with Gasteiger partial charge in [-0.25, -0.2) is 0 Å². The first-order valence-corrected chi connectivity index (χ1v) is 6.32. The standard InChI is InChI=1S/C12H22N4/c1-10(7-11-5-3-4-6-11)13-8-12-15-14-9-16(12)2/h9-11,13H,3-8H2,1-2H3. The average molecular weight is 222 g/mol. The van der Waals surface area contributed by atoms with Crippen LogP contribution in [-0.2, 0) is 13.6 Å². The van der Waals surface area contributed by atoms with Crippen molar-refractivity contribution in [2.45, 2.75) is 51.6 Å². The number of aromatic nitrogens is 3. The summed E-state index contributed by atoms with van der Waals surface area (Å²) in [7, 11) is 1.98. The van der Waals surface area contributed by atoms with Gasteiger partial charge in [-0.3, -0.25) is 0 Å². The smallest absolute Gasteiger partial charge is 0.146 e. The lowest BCUT2D eigenvalue weighted by atomic mass is 9.99. The Labute approximate surface area is 97.5 Å². The van der Waals surface area contributed by atoms with Crippen LogP contribution in [0.4, 0.5) is 0 Å². The monoisotopic (exact) mass is 222 g/mol. The molecule has 4 nitrogen and oxygen atoms in total. The summed E-state index contributed by atoms with van der Waals surface area (Å²) >= 11 is 0. The number of aryl methyl sites for hydroxylation is 1. The molecule has 0 saturated heterocycles. The zero-order valence-electron chi connectivity index (χ0n) is 10.3. The van der Waals surface area contributed by atoms with E-state index in [1.54, 1.807) is 6.33 Å². The van der Waals surface area contributed by atoms with E-state index in [4.69, 9.17) is 0 Å². The van der Waals surface area contributed by atoms with E-state index in [-0.39, 0.29) is 0 Å². The van der Waals surface area contributed by atoms with E-state index < -0.39 is 0 Å². The lowest BCUT2D eigenvalue weighted by molar-refractivity contribution is 0.399. The average Bonchev–Trinajstić information content (AvgIpc) is 2.87. The first-order valence-electron chi connectivity index (χ1n) is 6.32. The molecular formula is C12H22N4. The summed E-state index contributed by atoms with van der Waals surface area (Å²) < 4.78 is 1.97. The zero-order valence-corrected chi connectivity index (χ0v) is 10.3. The molecule has 2 rings (SSSR count). The SMILES string of the molecule is CC(CC1CCCC1)NCc1nncn1C. The fourth-order valence-electron chi connectivity index (χ4n) is 2.56. The lowest BCUT2D eigenvalue weighted by Crippen LogP contribution is -2.28. The van der Waals surface area contributed by atoms with Gasteiger partial charge in [-0.2, -0.15) is 0 Å². The highest BCUT2D eigenvalue weighted by atomic mass is 15.3. The van der Waals surface area contributed by atoms with Crippen molar-refractivity contribution in [1.29, 1.82) is 0 Å². The summed E-state index contributed by atoms with van der Waals surface area (Å²) in [6, 6.07) is 0.583. The van der Waals surface area contributed by atoms with Gasteiger partial charge in [-0.1, -0.05) is 25.7 Å². The summed E-state index contributed by atoms with van der Waals surface area (Å²) in [5, 5.41) is 11.5. The minimum Gasteiger partial charge on any atom is -0.320 e. The van der Waals surface area contributed by atoms with Gasteiger partial charge in [0.25, 0.3) is 0 Å². The van der Waals surface area contributed by atoms with E-state index in [0.717, 1.165) is 18.3 Å². The number of nitrogens with zero attached hydrogens (tertiary/aromatic N) is 3. The van der Waals surface area contributed by atoms with Crippen LogP contribution >= 0.6 is 0 Å². The van der Waals surface area contributed by atoms with Gasteiger partial charge in [0.2, 0.25) is 0 Å². The first kappa shape index (κ1) is 11.6. The van der Waals surface area contributed by atoms with Crippen LogP contribution in [0, 0.1) is 5.92 Å². The van der Waals surface area contributed by atoms with Gasteiger partial charge in [0.1, 0.15) is 12.2 Å². The molecule has 0 aliphatic heterocycles. The van der Waals surface area contributed by atoms with Gasteiger partial charge in [0.15, 0.2) is 0 Å². The maximum Gasteiger partial charge on any atom is 0.146 e. The third kappa shape index (κ3) is 3.04. The second-order valence-corrected chi connectivity index (χ2v) is 5.03. The molecule has 1 fully saturated rings. The van der Waals surface area contributed by atoms with E-state index >= 15 is 0 Å². The summed E-state index contributed by atoms with van der Waals surface area (Å²) in [6.45, 7) is 3.10. The molecule has 1 atom stereocenters. The number of hydrogen-bond acceptors (Lipinski definition) is 3. The lowest BCUT2D eigenvalue weighted by Gasteiger charge is -2.17. The van der Waals surface area contributed by atoms with Crippen LogP contribution < -0.4 is 5.32 Å². The van der Waals surface area contributed by atoms with Crippen LogP contribution in [0.2, 0.25) is 0 Å². The third-order valence-electron chi connectivity index (χ3n) is 3.58. The van der Waals surface area contributed by atoms with Crippen molar-refractivity contribution in [3.8, 4) is 0 Å². The Hall–Kier alpha value is -0.900. The zero-order chi connectivity index (χ0) is 11.4. The fourth-order valence-corrected chi connectivity index (χ4v) is 2.56. The summed E-state index contributed by atoms with van der Waals surface area (Å²) in [6.07, 6.45) is 8.77. The van der Waals surface area contributed by atoms with Gasteiger partial charge < -0.3 is 9.88 Å². The number of rotatable bonds is 5. The molecule has 0 amide bonds. The van der Waals surface area contributed by atoms with Crippen molar-refractivity contribution < 1.29 is 0 Å². The van der Waals surface area contributed by atoms with Crippen LogP contribution in [0.5, 0.6) is 0 Å². The topological polar surface area (TPSA) is 42.7 Å². The molecule has 1 aromatic rings. The van der Waals surface area contributed by atoms with Crippen LogP contribution in [-0.4, -0.2) is 20.8 Å². The van der Waals surface area contributed by atoms with E-state index in [0.29, 0.717) is 6.04 Å². The van der Waals surface area contributed by atoms with Crippen LogP contribution in [0.15, 0.2) is 6.33 Å². The maximum absolute atomic E-state index is 4.07. The molecule has 1 N–H and O–H groups in total. The van der Waals surface area contributed by atoms with Crippen molar-refractivity contribution in [1.82, 2.24) is 20.1 Å². The maximum atomic E-state index is 4.07. The molecule has 1 saturated carbocycles. The molecule has 0 bridgehead atoms. The highest BCUT2D eigenvalue weighted by Gasteiger charge is 2.17. The molecule has 1 aromatic heterocycles. The van der Waals surface area contributed by atoms with Gasteiger partial charge in [0, 0.05) is 13.1 Å². The predicted octanol–water partition coefficient (Wildman–Crippen LogP) is 1.87. The van der Waals surface area contributed by atoms with E-state index in [9.17, 15) is 0 Å². The Morgan fingerprint density at radius 1 is 1.50 bits per heavy atom. The van der Waals surface area contributed by atoms with Gasteiger partial charge >= 0.3 is 0 Å². The predicted molar refractivity (Wildman–Crippen MR) is 63.9 cm³/mol. The van der Waals surface area contributed by atoms with Crippen molar-refractivity contribution in [3.63, 3.8) is 0 Å². The molecule has 1 unspecified atom stereocenters. The van der Waals surface area contributed by atoms with Gasteiger partial charge in [-0.05, 0) is 19.3 Å². The molecule has 0 spiro atoms. The van der Waals surface area contributed by atoms with Crippen molar-refractivity contribution >= 4 is 0 Å². The Bertz CT molecular complexity index is 315. The van der Waals surface area contributed by atoms with E-state index in [2.05, 4.69) is 22.4 Å². The molecule has 0 aromatic carbocycles. The Morgan fingerprint density at radius 3 is 2.88 bits per heavy atom. The van der Waals surface area contributed by atoms with Crippen LogP contribution in [0.1, 0.15) is 44.9 Å². The Morgan fingerprint density at radius 2 is 2.25 bits per heavy atom. The fraction of sp³-hybridized carbons (Fsp3) is 0.833. The number of nitrogens with one attached hydrogen (secondary N) is 1. The van der Waals surface area contributed by atoms with Crippen molar-refractivity contribution in [3.05, 3.63) is 12.2 Å². The quantitative estimate of drug-likeness (QED) is 0.827. The second-order valence-electron chi connectivity index (χ2n) is 5.03. The summed E-state index contributed by atoms with van der Waals surface area (Å²) in [4.78, 5) is 0. The van der Waals surface area contributed by atoms with Crippen LogP contribution in [0.3, 0.4) is 0 Å². The molecule has 1 aliphatic rings. The number of hydrogen-bond donors (Lipinski definition) is 1. The molecular weight excluding hydrogens is 200 g/mol. The second kappa shape index (κ2) is 5.43. The molecule has 90 valence electrons. The molecule has 1 heterocycles.